The standard InChI is InChI=1S/C18H22N6O/c1-3-22-8-10-23(11-9-22)17-16-12-21-24(18(16)20-13-19-17)14-4-6-15(25-2)7-5-14/h4-7,12-13H,3,8-11H2,1-2H3. The van der Waals surface area contributed by atoms with Crippen molar-refractivity contribution >= 4 is 16.9 Å². The molecular weight excluding hydrogens is 316 g/mol. The fourth-order valence-electron chi connectivity index (χ4n) is 3.27. The van der Waals surface area contributed by atoms with Gasteiger partial charge in [-0.15, -0.1) is 0 Å². The Morgan fingerprint density at radius 2 is 1.80 bits per heavy atom. The van der Waals surface area contributed by atoms with Crippen LogP contribution in [0.2, 0.25) is 0 Å². The first kappa shape index (κ1) is 15.8. The predicted molar refractivity (Wildman–Crippen MR) is 97.5 cm³/mol. The van der Waals surface area contributed by atoms with Gasteiger partial charge in [0.05, 0.1) is 24.4 Å². The summed E-state index contributed by atoms with van der Waals surface area (Å²) >= 11 is 0. The van der Waals surface area contributed by atoms with Gasteiger partial charge in [-0.05, 0) is 30.8 Å². The number of ether oxygens (including phenoxy) is 1. The SMILES string of the molecule is CCN1CCN(c2ncnc3c2cnn3-c2ccc(OC)cc2)CC1. The molecule has 25 heavy (non-hydrogen) atoms. The van der Waals surface area contributed by atoms with E-state index in [1.165, 1.54) is 0 Å². The molecular formula is C18H22N6O. The first-order chi connectivity index (χ1) is 12.3. The number of rotatable bonds is 4. The van der Waals surface area contributed by atoms with Gasteiger partial charge < -0.3 is 14.5 Å². The lowest BCUT2D eigenvalue weighted by Crippen LogP contribution is -2.46. The van der Waals surface area contributed by atoms with Crippen LogP contribution in [0, 0.1) is 0 Å². The predicted octanol–water partition coefficient (Wildman–Crippen LogP) is 1.97. The van der Waals surface area contributed by atoms with Crippen molar-refractivity contribution in [2.24, 2.45) is 0 Å². The van der Waals surface area contributed by atoms with Crippen molar-refractivity contribution in [2.45, 2.75) is 6.92 Å². The monoisotopic (exact) mass is 338 g/mol. The minimum absolute atomic E-state index is 0.823. The normalized spacial score (nSPS) is 15.7. The maximum Gasteiger partial charge on any atom is 0.168 e. The second-order valence-corrected chi connectivity index (χ2v) is 6.11. The average Bonchev–Trinajstić information content (AvgIpc) is 3.12. The average molecular weight is 338 g/mol. The molecule has 1 aliphatic rings. The van der Waals surface area contributed by atoms with E-state index in [9.17, 15) is 0 Å². The van der Waals surface area contributed by atoms with Gasteiger partial charge in [-0.3, -0.25) is 0 Å². The summed E-state index contributed by atoms with van der Waals surface area (Å²) in [5.41, 5.74) is 1.78. The Balaban J connectivity index is 1.68. The molecule has 0 radical (unpaired) electrons. The second kappa shape index (κ2) is 6.68. The topological polar surface area (TPSA) is 59.3 Å². The van der Waals surface area contributed by atoms with Crippen LogP contribution in [-0.4, -0.2) is 64.5 Å². The number of hydrogen-bond acceptors (Lipinski definition) is 6. The largest absolute Gasteiger partial charge is 0.497 e. The van der Waals surface area contributed by atoms with Crippen LogP contribution in [0.1, 0.15) is 6.92 Å². The number of nitrogens with zero attached hydrogens (tertiary/aromatic N) is 6. The number of benzene rings is 1. The molecule has 3 heterocycles. The highest BCUT2D eigenvalue weighted by Gasteiger charge is 2.20. The van der Waals surface area contributed by atoms with Crippen molar-refractivity contribution in [2.75, 3.05) is 44.7 Å². The fourth-order valence-corrected chi connectivity index (χ4v) is 3.27. The zero-order chi connectivity index (χ0) is 17.2. The van der Waals surface area contributed by atoms with Gasteiger partial charge in [0, 0.05) is 26.2 Å². The van der Waals surface area contributed by atoms with Crippen LogP contribution in [0.4, 0.5) is 5.82 Å². The van der Waals surface area contributed by atoms with E-state index in [0.29, 0.717) is 0 Å². The van der Waals surface area contributed by atoms with E-state index in [1.54, 1.807) is 13.4 Å². The summed E-state index contributed by atoms with van der Waals surface area (Å²) in [5, 5.41) is 5.53. The van der Waals surface area contributed by atoms with E-state index in [2.05, 4.69) is 31.8 Å². The van der Waals surface area contributed by atoms with Crippen molar-refractivity contribution in [1.82, 2.24) is 24.6 Å². The quantitative estimate of drug-likeness (QED) is 0.725. The summed E-state index contributed by atoms with van der Waals surface area (Å²) < 4.78 is 7.07. The van der Waals surface area contributed by atoms with Crippen LogP contribution in [0.3, 0.4) is 0 Å². The van der Waals surface area contributed by atoms with Gasteiger partial charge in [0.1, 0.15) is 17.9 Å². The Labute approximate surface area is 146 Å². The van der Waals surface area contributed by atoms with Gasteiger partial charge in [-0.1, -0.05) is 6.92 Å². The molecule has 130 valence electrons. The van der Waals surface area contributed by atoms with Crippen molar-refractivity contribution in [1.29, 1.82) is 0 Å². The Bertz CT molecular complexity index is 852. The molecule has 3 aromatic rings. The highest BCUT2D eigenvalue weighted by molar-refractivity contribution is 5.87. The zero-order valence-corrected chi connectivity index (χ0v) is 14.6. The summed E-state index contributed by atoms with van der Waals surface area (Å²) in [5.74, 6) is 1.80. The smallest absolute Gasteiger partial charge is 0.168 e. The van der Waals surface area contributed by atoms with Crippen molar-refractivity contribution in [3.8, 4) is 11.4 Å². The minimum Gasteiger partial charge on any atom is -0.497 e. The van der Waals surface area contributed by atoms with Gasteiger partial charge in [0.15, 0.2) is 5.65 Å². The molecule has 7 nitrogen and oxygen atoms in total. The number of methoxy groups -OCH3 is 1. The molecule has 1 aliphatic heterocycles. The van der Waals surface area contributed by atoms with Gasteiger partial charge >= 0.3 is 0 Å². The highest BCUT2D eigenvalue weighted by Crippen LogP contribution is 2.26. The molecule has 0 unspecified atom stereocenters. The molecule has 0 spiro atoms. The molecule has 0 aliphatic carbocycles. The summed E-state index contributed by atoms with van der Waals surface area (Å²) in [6, 6.07) is 7.81. The maximum absolute atomic E-state index is 5.22. The van der Waals surface area contributed by atoms with Crippen LogP contribution >= 0.6 is 0 Å². The summed E-state index contributed by atoms with van der Waals surface area (Å²) in [6.45, 7) is 7.39. The minimum atomic E-state index is 0.823. The van der Waals surface area contributed by atoms with Gasteiger partial charge in [-0.2, -0.15) is 5.10 Å². The molecule has 7 heteroatoms. The molecule has 0 saturated carbocycles. The molecule has 4 rings (SSSR count). The Hall–Kier alpha value is -2.67. The van der Waals surface area contributed by atoms with Crippen LogP contribution < -0.4 is 9.64 Å². The van der Waals surface area contributed by atoms with Crippen LogP contribution in [-0.2, 0) is 0 Å². The third-order valence-electron chi connectivity index (χ3n) is 4.78. The summed E-state index contributed by atoms with van der Waals surface area (Å²) in [4.78, 5) is 13.8. The number of hydrogen-bond donors (Lipinski definition) is 0. The van der Waals surface area contributed by atoms with E-state index in [0.717, 1.165) is 61.0 Å². The molecule has 0 atom stereocenters. The number of fused-ring (bicyclic) bond motifs is 1. The first-order valence-electron chi connectivity index (χ1n) is 8.60. The van der Waals surface area contributed by atoms with Gasteiger partial charge in [-0.25, -0.2) is 14.6 Å². The van der Waals surface area contributed by atoms with E-state index in [4.69, 9.17) is 4.74 Å². The Morgan fingerprint density at radius 3 is 2.48 bits per heavy atom. The molecule has 1 fully saturated rings. The third-order valence-corrected chi connectivity index (χ3v) is 4.78. The molecule has 1 aromatic carbocycles. The summed E-state index contributed by atoms with van der Waals surface area (Å²) in [7, 11) is 1.66. The molecule has 0 bridgehead atoms. The van der Waals surface area contributed by atoms with Crippen LogP contribution in [0.15, 0.2) is 36.8 Å². The summed E-state index contributed by atoms with van der Waals surface area (Å²) in [6.07, 6.45) is 3.49. The second-order valence-electron chi connectivity index (χ2n) is 6.11. The first-order valence-corrected chi connectivity index (χ1v) is 8.60. The van der Waals surface area contributed by atoms with Crippen molar-refractivity contribution < 1.29 is 4.74 Å². The van der Waals surface area contributed by atoms with Crippen LogP contribution in [0.5, 0.6) is 5.75 Å². The van der Waals surface area contributed by atoms with E-state index in [1.807, 2.05) is 35.1 Å². The van der Waals surface area contributed by atoms with Gasteiger partial charge in [0.25, 0.3) is 0 Å². The molecule has 1 saturated heterocycles. The van der Waals surface area contributed by atoms with Gasteiger partial charge in [0.2, 0.25) is 0 Å². The highest BCUT2D eigenvalue weighted by atomic mass is 16.5. The lowest BCUT2D eigenvalue weighted by molar-refractivity contribution is 0.271. The number of piperazine rings is 1. The van der Waals surface area contributed by atoms with E-state index >= 15 is 0 Å². The Kier molecular flexibility index (Phi) is 4.23. The maximum atomic E-state index is 5.22. The zero-order valence-electron chi connectivity index (χ0n) is 14.6. The lowest BCUT2D eigenvalue weighted by atomic mass is 10.2. The molecule has 0 N–H and O–H groups in total. The number of aromatic nitrogens is 4. The molecule has 2 aromatic heterocycles. The van der Waals surface area contributed by atoms with E-state index in [-0.39, 0.29) is 0 Å². The van der Waals surface area contributed by atoms with E-state index < -0.39 is 0 Å². The number of anilines is 1. The number of likely N-dealkylation sites (N-methyl/N-ethyl adjacent to an activating group) is 1. The fraction of sp³-hybridized carbons (Fsp3) is 0.389. The lowest BCUT2D eigenvalue weighted by Gasteiger charge is -2.34. The molecule has 0 amide bonds. The van der Waals surface area contributed by atoms with Crippen molar-refractivity contribution in [3.05, 3.63) is 36.8 Å². The van der Waals surface area contributed by atoms with Crippen LogP contribution in [0.25, 0.3) is 16.7 Å². The third kappa shape index (κ3) is 2.91. The Morgan fingerprint density at radius 1 is 1.04 bits per heavy atom. The van der Waals surface area contributed by atoms with Crippen molar-refractivity contribution in [3.63, 3.8) is 0 Å².